The smallest absolute Gasteiger partial charge is 0.249 e. The van der Waals surface area contributed by atoms with Crippen molar-refractivity contribution in [3.8, 4) is 0 Å². The topological polar surface area (TPSA) is 29.5 Å². The van der Waals surface area contributed by atoms with Gasteiger partial charge in [-0.3, -0.25) is 4.79 Å². The molecule has 3 rings (SSSR count). The molecule has 104 valence electrons. The summed E-state index contributed by atoms with van der Waals surface area (Å²) in [6, 6.07) is 2.53. The van der Waals surface area contributed by atoms with E-state index in [0.29, 0.717) is 12.0 Å². The molecule has 1 aliphatic carbocycles. The zero-order valence-corrected chi connectivity index (χ0v) is 12.4. The summed E-state index contributed by atoms with van der Waals surface area (Å²) in [6.45, 7) is 5.02. The van der Waals surface area contributed by atoms with Crippen LogP contribution in [0.1, 0.15) is 43.2 Å². The Morgan fingerprint density at radius 1 is 1.53 bits per heavy atom. The molecule has 1 aromatic heterocycles. The zero-order chi connectivity index (χ0) is 13.4. The van der Waals surface area contributed by atoms with Crippen LogP contribution in [0.5, 0.6) is 0 Å². The van der Waals surface area contributed by atoms with Crippen LogP contribution < -0.4 is 0 Å². The summed E-state index contributed by atoms with van der Waals surface area (Å²) in [5.74, 6) is 0.832. The number of nitrogens with zero attached hydrogens (tertiary/aromatic N) is 1. The summed E-state index contributed by atoms with van der Waals surface area (Å²) in [7, 11) is 0. The van der Waals surface area contributed by atoms with Crippen molar-refractivity contribution in [2.75, 3.05) is 13.2 Å². The van der Waals surface area contributed by atoms with Crippen LogP contribution in [-0.2, 0) is 16.0 Å². The first-order valence-electron chi connectivity index (χ1n) is 7.14. The highest BCUT2D eigenvalue weighted by molar-refractivity contribution is 7.10. The molecule has 2 heterocycles. The molecular weight excluding hydrogens is 258 g/mol. The summed E-state index contributed by atoms with van der Waals surface area (Å²) < 4.78 is 5.49. The van der Waals surface area contributed by atoms with Gasteiger partial charge in [0.25, 0.3) is 0 Å². The molecular formula is C15H21NO2S. The lowest BCUT2D eigenvalue weighted by Crippen LogP contribution is -2.42. The number of hydrogen-bond donors (Lipinski definition) is 0. The lowest BCUT2D eigenvalue weighted by Gasteiger charge is -2.36. The first kappa shape index (κ1) is 13.1. The van der Waals surface area contributed by atoms with Gasteiger partial charge in [0, 0.05) is 11.4 Å². The van der Waals surface area contributed by atoms with Crippen molar-refractivity contribution < 1.29 is 9.53 Å². The number of carbonyl (C=O) groups is 1. The summed E-state index contributed by atoms with van der Waals surface area (Å²) in [6.07, 6.45) is 3.64. The van der Waals surface area contributed by atoms with E-state index in [-0.39, 0.29) is 18.6 Å². The maximum absolute atomic E-state index is 12.4. The summed E-state index contributed by atoms with van der Waals surface area (Å²) in [5.41, 5.74) is 1.40. The number of carbonyl (C=O) groups excluding carboxylic acids is 1. The van der Waals surface area contributed by atoms with E-state index in [1.54, 1.807) is 0 Å². The van der Waals surface area contributed by atoms with E-state index in [9.17, 15) is 4.79 Å². The van der Waals surface area contributed by atoms with Crippen molar-refractivity contribution in [2.45, 2.75) is 45.3 Å². The fourth-order valence-corrected chi connectivity index (χ4v) is 3.78. The predicted molar refractivity (Wildman–Crippen MR) is 76.3 cm³/mol. The largest absolute Gasteiger partial charge is 0.369 e. The Kier molecular flexibility index (Phi) is 3.63. The number of amides is 1. The third-order valence-corrected chi connectivity index (χ3v) is 4.94. The van der Waals surface area contributed by atoms with Crippen molar-refractivity contribution in [3.63, 3.8) is 0 Å². The van der Waals surface area contributed by atoms with E-state index in [1.807, 2.05) is 25.2 Å². The summed E-state index contributed by atoms with van der Waals surface area (Å²) in [4.78, 5) is 15.9. The third kappa shape index (κ3) is 2.70. The molecule has 1 amide bonds. The molecule has 19 heavy (non-hydrogen) atoms. The molecule has 2 aliphatic rings. The summed E-state index contributed by atoms with van der Waals surface area (Å²) >= 11 is 1.84. The van der Waals surface area contributed by atoms with Crippen LogP contribution in [0, 0.1) is 5.92 Å². The first-order chi connectivity index (χ1) is 9.16. The van der Waals surface area contributed by atoms with Crippen LogP contribution >= 0.6 is 11.3 Å². The summed E-state index contributed by atoms with van der Waals surface area (Å²) in [5, 5.41) is 2.17. The van der Waals surface area contributed by atoms with E-state index in [0.717, 1.165) is 13.0 Å². The Hall–Kier alpha value is -0.870. The molecule has 0 spiro atoms. The maximum Gasteiger partial charge on any atom is 0.249 e. The molecule has 1 atom stereocenters. The van der Waals surface area contributed by atoms with Gasteiger partial charge in [0.05, 0.1) is 12.1 Å². The fourth-order valence-electron chi connectivity index (χ4n) is 2.87. The van der Waals surface area contributed by atoms with Crippen molar-refractivity contribution in [1.29, 1.82) is 0 Å². The van der Waals surface area contributed by atoms with Gasteiger partial charge in [-0.05, 0) is 56.0 Å². The van der Waals surface area contributed by atoms with Gasteiger partial charge < -0.3 is 9.64 Å². The minimum absolute atomic E-state index is 0.116. The Labute approximate surface area is 118 Å². The molecule has 1 fully saturated rings. The molecule has 1 unspecified atom stereocenters. The lowest BCUT2D eigenvalue weighted by molar-refractivity contribution is -0.141. The normalized spacial score (nSPS) is 22.7. The fraction of sp³-hybridized carbons (Fsp3) is 0.667. The number of fused-ring (bicyclic) bond motifs is 1. The second-order valence-corrected chi connectivity index (χ2v) is 6.78. The number of ether oxygens (including phenoxy) is 1. The Morgan fingerprint density at radius 3 is 3.00 bits per heavy atom. The van der Waals surface area contributed by atoms with Gasteiger partial charge in [-0.1, -0.05) is 0 Å². The SMILES string of the molecule is CC(C)OCC(=O)N1CCc2sccc2C1C1CC1. The average Bonchev–Trinajstić information content (AvgIpc) is 3.11. The van der Waals surface area contributed by atoms with E-state index in [4.69, 9.17) is 4.74 Å². The van der Waals surface area contributed by atoms with Gasteiger partial charge in [-0.15, -0.1) is 11.3 Å². The Bertz CT molecular complexity index is 464. The highest BCUT2D eigenvalue weighted by Gasteiger charge is 2.41. The van der Waals surface area contributed by atoms with E-state index >= 15 is 0 Å². The molecule has 3 nitrogen and oxygen atoms in total. The van der Waals surface area contributed by atoms with E-state index in [1.165, 1.54) is 23.3 Å². The predicted octanol–water partition coefficient (Wildman–Crippen LogP) is 3.01. The Morgan fingerprint density at radius 2 is 2.32 bits per heavy atom. The second-order valence-electron chi connectivity index (χ2n) is 5.78. The van der Waals surface area contributed by atoms with E-state index in [2.05, 4.69) is 16.3 Å². The highest BCUT2D eigenvalue weighted by Crippen LogP contribution is 2.48. The number of hydrogen-bond acceptors (Lipinski definition) is 3. The molecule has 4 heteroatoms. The van der Waals surface area contributed by atoms with Crippen molar-refractivity contribution in [2.24, 2.45) is 5.92 Å². The molecule has 1 saturated carbocycles. The average molecular weight is 279 g/mol. The molecule has 0 radical (unpaired) electrons. The van der Waals surface area contributed by atoms with Gasteiger partial charge in [0.15, 0.2) is 0 Å². The van der Waals surface area contributed by atoms with Gasteiger partial charge in [0.1, 0.15) is 6.61 Å². The quantitative estimate of drug-likeness (QED) is 0.848. The molecule has 0 aromatic carbocycles. The third-order valence-electron chi connectivity index (χ3n) is 3.94. The molecule has 0 bridgehead atoms. The minimum Gasteiger partial charge on any atom is -0.369 e. The van der Waals surface area contributed by atoms with Gasteiger partial charge >= 0.3 is 0 Å². The van der Waals surface area contributed by atoms with Gasteiger partial charge in [0.2, 0.25) is 5.91 Å². The monoisotopic (exact) mass is 279 g/mol. The molecule has 1 aliphatic heterocycles. The number of thiophene rings is 1. The van der Waals surface area contributed by atoms with Crippen molar-refractivity contribution in [1.82, 2.24) is 4.90 Å². The van der Waals surface area contributed by atoms with Gasteiger partial charge in [-0.25, -0.2) is 0 Å². The van der Waals surface area contributed by atoms with Crippen molar-refractivity contribution in [3.05, 3.63) is 21.9 Å². The molecule has 1 aromatic rings. The second kappa shape index (κ2) is 5.25. The maximum atomic E-state index is 12.4. The van der Waals surface area contributed by atoms with Crippen molar-refractivity contribution >= 4 is 17.2 Å². The highest BCUT2D eigenvalue weighted by atomic mass is 32.1. The van der Waals surface area contributed by atoms with Crippen LogP contribution in [0.15, 0.2) is 11.4 Å². The van der Waals surface area contributed by atoms with Crippen LogP contribution in [0.4, 0.5) is 0 Å². The van der Waals surface area contributed by atoms with Crippen LogP contribution in [0.25, 0.3) is 0 Å². The van der Waals surface area contributed by atoms with Crippen LogP contribution in [-0.4, -0.2) is 30.1 Å². The zero-order valence-electron chi connectivity index (χ0n) is 11.6. The minimum atomic E-state index is 0.116. The lowest BCUT2D eigenvalue weighted by atomic mass is 9.96. The van der Waals surface area contributed by atoms with E-state index < -0.39 is 0 Å². The Balaban J connectivity index is 1.76. The standard InChI is InChI=1S/C15H21NO2S/c1-10(2)18-9-14(17)16-7-5-13-12(6-8-19-13)15(16)11-3-4-11/h6,8,10-11,15H,3-5,7,9H2,1-2H3. The van der Waals surface area contributed by atoms with Gasteiger partial charge in [-0.2, -0.15) is 0 Å². The number of rotatable bonds is 4. The molecule has 0 N–H and O–H groups in total. The first-order valence-corrected chi connectivity index (χ1v) is 8.02. The van der Waals surface area contributed by atoms with Crippen LogP contribution in [0.2, 0.25) is 0 Å². The molecule has 0 saturated heterocycles. The van der Waals surface area contributed by atoms with Crippen LogP contribution in [0.3, 0.4) is 0 Å².